The number of likely N-dealkylation sites (tertiary alicyclic amines) is 1. The van der Waals surface area contributed by atoms with Gasteiger partial charge in [0.05, 0.1) is 24.9 Å². The molecule has 0 bridgehead atoms. The molecule has 50 heavy (non-hydrogen) atoms. The largest absolute Gasteiger partial charge is 0.392 e. The Bertz CT molecular complexity index is 1410. The van der Waals surface area contributed by atoms with Crippen molar-refractivity contribution < 1.29 is 34.2 Å². The summed E-state index contributed by atoms with van der Waals surface area (Å²) in [5, 5.41) is 24.4. The molecule has 11 nitrogen and oxygen atoms in total. The number of unbranched alkanes of at least 4 members (excludes halogenated alkanes) is 1. The zero-order valence-corrected chi connectivity index (χ0v) is 29.9. The highest BCUT2D eigenvalue weighted by Gasteiger charge is 2.44. The van der Waals surface area contributed by atoms with E-state index in [2.05, 4.69) is 15.5 Å². The molecule has 5 rings (SSSR count). The molecular weight excluding hydrogens is 636 g/mol. The Labute approximate surface area is 296 Å². The van der Waals surface area contributed by atoms with Gasteiger partial charge >= 0.3 is 0 Å². The number of fused-ring (bicyclic) bond motifs is 1. The summed E-state index contributed by atoms with van der Waals surface area (Å²) in [6, 6.07) is 15.9. The van der Waals surface area contributed by atoms with Crippen LogP contribution in [0.4, 0.5) is 0 Å². The summed E-state index contributed by atoms with van der Waals surface area (Å²) in [6.07, 6.45) is 7.84. The van der Waals surface area contributed by atoms with Crippen LogP contribution < -0.4 is 16.1 Å². The minimum absolute atomic E-state index is 0.0220. The SMILES string of the molecule is CC(C)(C)NC(=O)[C@H]1CC[C@H]2CCCC[C@H]2N1C[C@@H]1C[C@H](c2ccc(CO)cc2)O[C@H](c2ccc(CNC(=O)CCCCC(=O)NO)cc2)O1. The van der Waals surface area contributed by atoms with Crippen molar-refractivity contribution in [1.29, 1.82) is 0 Å². The normalized spacial score (nSPS) is 25.7. The Hall–Kier alpha value is -3.35. The van der Waals surface area contributed by atoms with Gasteiger partial charge in [0.25, 0.3) is 0 Å². The summed E-state index contributed by atoms with van der Waals surface area (Å²) in [5.74, 6) is 0.146. The summed E-state index contributed by atoms with van der Waals surface area (Å²) >= 11 is 0. The smallest absolute Gasteiger partial charge is 0.243 e. The van der Waals surface area contributed by atoms with Gasteiger partial charge in [-0.2, -0.15) is 0 Å². The molecule has 11 heteroatoms. The van der Waals surface area contributed by atoms with Crippen LogP contribution in [0, 0.1) is 5.92 Å². The third kappa shape index (κ3) is 10.6. The average Bonchev–Trinajstić information content (AvgIpc) is 3.12. The van der Waals surface area contributed by atoms with E-state index in [1.807, 2.05) is 69.3 Å². The second kappa shape index (κ2) is 17.7. The predicted molar refractivity (Wildman–Crippen MR) is 188 cm³/mol. The van der Waals surface area contributed by atoms with Gasteiger partial charge in [0.1, 0.15) is 0 Å². The number of amides is 3. The maximum Gasteiger partial charge on any atom is 0.243 e. The highest BCUT2D eigenvalue weighted by molar-refractivity contribution is 5.82. The van der Waals surface area contributed by atoms with E-state index in [-0.39, 0.29) is 48.6 Å². The first-order valence-corrected chi connectivity index (χ1v) is 18.4. The van der Waals surface area contributed by atoms with Crippen LogP contribution in [0.1, 0.15) is 126 Å². The molecule has 5 N–H and O–H groups in total. The minimum atomic E-state index is -0.621. The standard InChI is InChI=1S/C39H56N4O7/c1-39(2,3)41-37(47)33-21-20-28-8-4-5-9-32(28)43(33)24-31-22-34(29-16-14-27(25-44)15-17-29)50-38(49-31)30-18-12-26(13-19-30)23-40-35(45)10-6-7-11-36(46)42-48/h12-19,28,31-34,38,44,48H,4-11,20-25H2,1-3H3,(H,40,45)(H,41,47)(H,42,46)/t28-,31+,32-,33-,34-,38-/m1/s1. The first-order chi connectivity index (χ1) is 24.0. The number of hydrogen-bond acceptors (Lipinski definition) is 8. The van der Waals surface area contributed by atoms with Gasteiger partial charge in [-0.3, -0.25) is 24.5 Å². The third-order valence-corrected chi connectivity index (χ3v) is 10.3. The number of carbonyl (C=O) groups is 3. The van der Waals surface area contributed by atoms with Gasteiger partial charge in [0, 0.05) is 49.5 Å². The molecule has 3 aliphatic rings. The summed E-state index contributed by atoms with van der Waals surface area (Å²) in [4.78, 5) is 39.7. The maximum atomic E-state index is 13.7. The first-order valence-electron chi connectivity index (χ1n) is 18.4. The van der Waals surface area contributed by atoms with E-state index in [4.69, 9.17) is 14.7 Å². The Morgan fingerprint density at radius 3 is 2.18 bits per heavy atom. The monoisotopic (exact) mass is 692 g/mol. The van der Waals surface area contributed by atoms with Crippen LogP contribution >= 0.6 is 0 Å². The number of benzene rings is 2. The third-order valence-electron chi connectivity index (χ3n) is 10.3. The maximum absolute atomic E-state index is 13.7. The molecule has 0 aromatic heterocycles. The Balaban J connectivity index is 1.29. The van der Waals surface area contributed by atoms with Gasteiger partial charge in [0.15, 0.2) is 6.29 Å². The lowest BCUT2D eigenvalue weighted by atomic mass is 9.75. The van der Waals surface area contributed by atoms with Crippen molar-refractivity contribution in [3.63, 3.8) is 0 Å². The van der Waals surface area contributed by atoms with E-state index < -0.39 is 12.2 Å². The molecule has 0 unspecified atom stereocenters. The molecule has 1 aliphatic carbocycles. The number of piperidine rings is 1. The number of ether oxygens (including phenoxy) is 2. The predicted octanol–water partition coefficient (Wildman–Crippen LogP) is 5.34. The van der Waals surface area contributed by atoms with Crippen molar-refractivity contribution in [1.82, 2.24) is 21.0 Å². The van der Waals surface area contributed by atoms with Gasteiger partial charge < -0.3 is 25.2 Å². The quantitative estimate of drug-likeness (QED) is 0.107. The van der Waals surface area contributed by atoms with Gasteiger partial charge in [-0.1, -0.05) is 61.4 Å². The number of rotatable bonds is 13. The molecular formula is C39H56N4O7. The number of hydrogen-bond donors (Lipinski definition) is 5. The van der Waals surface area contributed by atoms with Crippen LogP contribution in [0.2, 0.25) is 0 Å². The lowest BCUT2D eigenvalue weighted by Gasteiger charge is -2.50. The Kier molecular flexibility index (Phi) is 13.4. The number of carbonyl (C=O) groups excluding carboxylic acids is 3. The van der Waals surface area contributed by atoms with E-state index in [9.17, 15) is 19.5 Å². The second-order valence-corrected chi connectivity index (χ2v) is 15.3. The molecule has 274 valence electrons. The number of aliphatic hydroxyl groups excluding tert-OH is 1. The minimum Gasteiger partial charge on any atom is -0.392 e. The van der Waals surface area contributed by atoms with Crippen LogP contribution in [0.25, 0.3) is 0 Å². The molecule has 0 radical (unpaired) electrons. The number of aliphatic hydroxyl groups is 1. The van der Waals surface area contributed by atoms with Crippen molar-refractivity contribution in [2.45, 2.75) is 141 Å². The van der Waals surface area contributed by atoms with Crippen molar-refractivity contribution in [3.05, 3.63) is 70.8 Å². The van der Waals surface area contributed by atoms with Crippen LogP contribution in [0.5, 0.6) is 0 Å². The van der Waals surface area contributed by atoms with E-state index in [0.717, 1.165) is 41.5 Å². The summed E-state index contributed by atoms with van der Waals surface area (Å²) in [7, 11) is 0. The zero-order chi connectivity index (χ0) is 35.7. The van der Waals surface area contributed by atoms with Crippen molar-refractivity contribution >= 4 is 17.7 Å². The molecule has 3 fully saturated rings. The van der Waals surface area contributed by atoms with Crippen molar-refractivity contribution in [2.75, 3.05) is 6.54 Å². The van der Waals surface area contributed by atoms with E-state index in [1.165, 1.54) is 19.3 Å². The first kappa shape index (κ1) is 37.9. The van der Waals surface area contributed by atoms with Crippen molar-refractivity contribution in [2.24, 2.45) is 5.92 Å². The second-order valence-electron chi connectivity index (χ2n) is 15.3. The molecule has 3 amide bonds. The molecule has 0 spiro atoms. The summed E-state index contributed by atoms with van der Waals surface area (Å²) in [5.41, 5.74) is 4.97. The number of hydroxylamine groups is 1. The van der Waals surface area contributed by atoms with E-state index >= 15 is 0 Å². The lowest BCUT2D eigenvalue weighted by molar-refractivity contribution is -0.255. The molecule has 2 aliphatic heterocycles. The highest BCUT2D eigenvalue weighted by atomic mass is 16.7. The lowest BCUT2D eigenvalue weighted by Crippen LogP contribution is -2.61. The molecule has 2 saturated heterocycles. The number of nitrogens with one attached hydrogen (secondary N) is 3. The van der Waals surface area contributed by atoms with Crippen LogP contribution in [0.3, 0.4) is 0 Å². The molecule has 2 heterocycles. The van der Waals surface area contributed by atoms with Crippen LogP contribution in [-0.2, 0) is 37.0 Å². The fourth-order valence-corrected chi connectivity index (χ4v) is 7.70. The van der Waals surface area contributed by atoms with Gasteiger partial charge in [-0.25, -0.2) is 5.48 Å². The molecule has 2 aromatic carbocycles. The Morgan fingerprint density at radius 1 is 0.840 bits per heavy atom. The van der Waals surface area contributed by atoms with Gasteiger partial charge in [0.2, 0.25) is 17.7 Å². The molecule has 2 aromatic rings. The van der Waals surface area contributed by atoms with Crippen LogP contribution in [-0.4, -0.2) is 63.2 Å². The van der Waals surface area contributed by atoms with Crippen molar-refractivity contribution in [3.8, 4) is 0 Å². The Morgan fingerprint density at radius 2 is 1.50 bits per heavy atom. The topological polar surface area (TPSA) is 149 Å². The molecule has 6 atom stereocenters. The van der Waals surface area contributed by atoms with Gasteiger partial charge in [-0.05, 0) is 81.9 Å². The van der Waals surface area contributed by atoms with E-state index in [1.54, 1.807) is 5.48 Å². The summed E-state index contributed by atoms with van der Waals surface area (Å²) < 4.78 is 13.4. The average molecular weight is 693 g/mol. The van der Waals surface area contributed by atoms with E-state index in [0.29, 0.717) is 50.7 Å². The number of nitrogens with zero attached hydrogens (tertiary/aromatic N) is 1. The highest BCUT2D eigenvalue weighted by Crippen LogP contribution is 2.42. The fourth-order valence-electron chi connectivity index (χ4n) is 7.70. The zero-order valence-electron chi connectivity index (χ0n) is 29.9. The molecule has 1 saturated carbocycles. The fraction of sp³-hybridized carbons (Fsp3) is 0.615. The van der Waals surface area contributed by atoms with Gasteiger partial charge in [-0.15, -0.1) is 0 Å². The van der Waals surface area contributed by atoms with Crippen LogP contribution in [0.15, 0.2) is 48.5 Å². The summed E-state index contributed by atoms with van der Waals surface area (Å²) in [6.45, 7) is 7.09.